The average molecular weight is 388 g/mol. The number of hydrogen-bond donors (Lipinski definition) is 2. The molecule has 0 bridgehead atoms. The first-order valence-electron chi connectivity index (χ1n) is 7.72. The van der Waals surface area contributed by atoms with Gasteiger partial charge in [0.05, 0.1) is 10.5 Å². The van der Waals surface area contributed by atoms with Gasteiger partial charge in [-0.15, -0.1) is 36.2 Å². The van der Waals surface area contributed by atoms with E-state index in [-0.39, 0.29) is 36.3 Å². The fourth-order valence-electron chi connectivity index (χ4n) is 3.00. The predicted molar refractivity (Wildman–Crippen MR) is 104 cm³/mol. The van der Waals surface area contributed by atoms with Crippen LogP contribution in [0.1, 0.15) is 46.7 Å². The van der Waals surface area contributed by atoms with E-state index < -0.39 is 0 Å². The molecule has 1 fully saturated rings. The third-order valence-electron chi connectivity index (χ3n) is 4.31. The molecule has 1 heterocycles. The van der Waals surface area contributed by atoms with E-state index in [1.54, 1.807) is 0 Å². The van der Waals surface area contributed by atoms with Gasteiger partial charge in [-0.2, -0.15) is 0 Å². The molecule has 1 saturated carbocycles. The van der Waals surface area contributed by atoms with Crippen molar-refractivity contribution in [2.24, 2.45) is 5.73 Å². The summed E-state index contributed by atoms with van der Waals surface area (Å²) in [6.07, 6.45) is 4.97. The van der Waals surface area contributed by atoms with Crippen LogP contribution in [0.25, 0.3) is 0 Å². The first-order valence-corrected chi connectivity index (χ1v) is 8.60. The molecule has 1 aliphatic rings. The minimum absolute atomic E-state index is 0. The van der Waals surface area contributed by atoms with E-state index in [2.05, 4.69) is 22.4 Å². The lowest BCUT2D eigenvalue weighted by Gasteiger charge is -2.28. The summed E-state index contributed by atoms with van der Waals surface area (Å²) in [7, 11) is 0. The largest absolute Gasteiger partial charge is 0.344 e. The van der Waals surface area contributed by atoms with Gasteiger partial charge in [0.1, 0.15) is 5.69 Å². The fraction of sp³-hybridized carbons (Fsp3) is 0.412. The van der Waals surface area contributed by atoms with Crippen LogP contribution < -0.4 is 11.1 Å². The molecule has 0 atom stereocenters. The molecule has 0 saturated heterocycles. The van der Waals surface area contributed by atoms with Gasteiger partial charge >= 0.3 is 0 Å². The zero-order chi connectivity index (χ0) is 15.4. The van der Waals surface area contributed by atoms with Crippen molar-refractivity contribution in [3.05, 3.63) is 52.0 Å². The Morgan fingerprint density at radius 2 is 1.88 bits per heavy atom. The van der Waals surface area contributed by atoms with E-state index in [0.29, 0.717) is 12.2 Å². The van der Waals surface area contributed by atoms with Crippen molar-refractivity contribution in [2.45, 2.75) is 37.6 Å². The lowest BCUT2D eigenvalue weighted by molar-refractivity contribution is 0.0898. The van der Waals surface area contributed by atoms with Crippen molar-refractivity contribution < 1.29 is 4.79 Å². The zero-order valence-electron chi connectivity index (χ0n) is 13.4. The van der Waals surface area contributed by atoms with Gasteiger partial charge in [-0.1, -0.05) is 43.2 Å². The van der Waals surface area contributed by atoms with Gasteiger partial charge < -0.3 is 11.1 Å². The van der Waals surface area contributed by atoms with Crippen LogP contribution in [0.2, 0.25) is 0 Å². The SMILES string of the molecule is Cl.Cl.NCC1(NC(=O)c2csc(Cc3ccccc3)n2)CCCC1. The second-order valence-corrected chi connectivity index (χ2v) is 6.88. The Morgan fingerprint density at radius 3 is 2.50 bits per heavy atom. The highest BCUT2D eigenvalue weighted by atomic mass is 35.5. The van der Waals surface area contributed by atoms with Crippen molar-refractivity contribution in [3.8, 4) is 0 Å². The molecule has 0 aliphatic heterocycles. The highest BCUT2D eigenvalue weighted by Gasteiger charge is 2.34. The molecule has 0 radical (unpaired) electrons. The minimum Gasteiger partial charge on any atom is -0.344 e. The molecule has 1 aromatic carbocycles. The molecule has 2 aromatic rings. The topological polar surface area (TPSA) is 68.0 Å². The van der Waals surface area contributed by atoms with E-state index in [0.717, 1.165) is 37.1 Å². The number of carbonyl (C=O) groups excluding carboxylic acids is 1. The molecule has 3 rings (SSSR count). The van der Waals surface area contributed by atoms with Gasteiger partial charge in [-0.3, -0.25) is 4.79 Å². The molecule has 3 N–H and O–H groups in total. The number of amides is 1. The van der Waals surface area contributed by atoms with Crippen molar-refractivity contribution >= 4 is 42.1 Å². The van der Waals surface area contributed by atoms with E-state index >= 15 is 0 Å². The van der Waals surface area contributed by atoms with Gasteiger partial charge in [0.2, 0.25) is 0 Å². The number of nitrogens with zero attached hydrogens (tertiary/aromatic N) is 1. The molecule has 7 heteroatoms. The molecule has 0 unspecified atom stereocenters. The van der Waals surface area contributed by atoms with Crippen molar-refractivity contribution in [3.63, 3.8) is 0 Å². The normalized spacial score (nSPS) is 15.2. The van der Waals surface area contributed by atoms with Crippen LogP contribution >= 0.6 is 36.2 Å². The molecule has 24 heavy (non-hydrogen) atoms. The fourth-order valence-corrected chi connectivity index (χ4v) is 3.81. The van der Waals surface area contributed by atoms with Crippen molar-refractivity contribution in [1.82, 2.24) is 10.3 Å². The van der Waals surface area contributed by atoms with Gasteiger partial charge in [0.15, 0.2) is 0 Å². The summed E-state index contributed by atoms with van der Waals surface area (Å²) in [5, 5.41) is 5.92. The average Bonchev–Trinajstić information content (AvgIpc) is 3.18. The summed E-state index contributed by atoms with van der Waals surface area (Å²) >= 11 is 1.53. The maximum atomic E-state index is 12.4. The second kappa shape index (κ2) is 9.37. The smallest absolute Gasteiger partial charge is 0.271 e. The number of nitrogens with two attached hydrogens (primary N) is 1. The lowest BCUT2D eigenvalue weighted by Crippen LogP contribution is -2.51. The Labute approximate surface area is 159 Å². The number of halogens is 2. The van der Waals surface area contributed by atoms with Crippen LogP contribution in [0.15, 0.2) is 35.7 Å². The van der Waals surface area contributed by atoms with Crippen LogP contribution in [0.4, 0.5) is 0 Å². The molecular weight excluding hydrogens is 365 g/mol. The summed E-state index contributed by atoms with van der Waals surface area (Å²) in [4.78, 5) is 16.9. The maximum Gasteiger partial charge on any atom is 0.271 e. The number of thiazole rings is 1. The lowest BCUT2D eigenvalue weighted by atomic mass is 9.98. The Bertz CT molecular complexity index is 642. The number of benzene rings is 1. The van der Waals surface area contributed by atoms with E-state index in [4.69, 9.17) is 5.73 Å². The van der Waals surface area contributed by atoms with Gasteiger partial charge in [-0.25, -0.2) is 4.98 Å². The zero-order valence-corrected chi connectivity index (χ0v) is 15.8. The summed E-state index contributed by atoms with van der Waals surface area (Å²) in [5.74, 6) is -0.0945. The molecule has 0 spiro atoms. The first-order chi connectivity index (χ1) is 10.7. The molecule has 1 aliphatic carbocycles. The van der Waals surface area contributed by atoms with Crippen molar-refractivity contribution in [1.29, 1.82) is 0 Å². The monoisotopic (exact) mass is 387 g/mol. The summed E-state index contributed by atoms with van der Waals surface area (Å²) in [6.45, 7) is 0.500. The number of hydrogen-bond acceptors (Lipinski definition) is 4. The Hall–Kier alpha value is -1.14. The van der Waals surface area contributed by atoms with E-state index in [9.17, 15) is 4.79 Å². The number of aromatic nitrogens is 1. The maximum absolute atomic E-state index is 12.4. The highest BCUT2D eigenvalue weighted by Crippen LogP contribution is 2.29. The molecule has 132 valence electrons. The number of carbonyl (C=O) groups is 1. The van der Waals surface area contributed by atoms with E-state index in [1.165, 1.54) is 16.9 Å². The third kappa shape index (κ3) is 4.93. The second-order valence-electron chi connectivity index (χ2n) is 5.93. The van der Waals surface area contributed by atoms with E-state index in [1.807, 2.05) is 23.6 Å². The Kier molecular flexibility index (Phi) is 8.16. The standard InChI is InChI=1S/C17H21N3OS.2ClH/c18-12-17(8-4-5-9-17)20-16(21)14-11-22-15(19-14)10-13-6-2-1-3-7-13;;/h1-3,6-7,11H,4-5,8-10,12,18H2,(H,20,21);2*1H. The van der Waals surface area contributed by atoms with Gasteiger partial charge in [0.25, 0.3) is 5.91 Å². The Balaban J connectivity index is 0.00000144. The van der Waals surface area contributed by atoms with Crippen LogP contribution in [0.3, 0.4) is 0 Å². The number of rotatable bonds is 5. The highest BCUT2D eigenvalue weighted by molar-refractivity contribution is 7.09. The first kappa shape index (κ1) is 20.9. The molecular formula is C17H23Cl2N3OS. The van der Waals surface area contributed by atoms with Gasteiger partial charge in [-0.05, 0) is 18.4 Å². The minimum atomic E-state index is -0.222. The van der Waals surface area contributed by atoms with Crippen LogP contribution in [0.5, 0.6) is 0 Å². The van der Waals surface area contributed by atoms with Crippen LogP contribution in [-0.2, 0) is 6.42 Å². The summed E-state index contributed by atoms with van der Waals surface area (Å²) in [5.41, 5.74) is 7.36. The van der Waals surface area contributed by atoms with Gasteiger partial charge in [0, 0.05) is 18.3 Å². The predicted octanol–water partition coefficient (Wildman–Crippen LogP) is 3.58. The molecule has 1 aromatic heterocycles. The van der Waals surface area contributed by atoms with Crippen LogP contribution in [0, 0.1) is 0 Å². The molecule has 1 amide bonds. The molecule has 4 nitrogen and oxygen atoms in total. The Morgan fingerprint density at radius 1 is 1.21 bits per heavy atom. The van der Waals surface area contributed by atoms with Crippen molar-refractivity contribution in [2.75, 3.05) is 6.54 Å². The van der Waals surface area contributed by atoms with Crippen LogP contribution in [-0.4, -0.2) is 23.0 Å². The number of nitrogens with one attached hydrogen (secondary N) is 1. The quantitative estimate of drug-likeness (QED) is 0.823. The summed E-state index contributed by atoms with van der Waals surface area (Å²) in [6, 6.07) is 10.2. The summed E-state index contributed by atoms with van der Waals surface area (Å²) < 4.78 is 0. The third-order valence-corrected chi connectivity index (χ3v) is 5.16.